The second-order valence-electron chi connectivity index (χ2n) is 5.03. The minimum absolute atomic E-state index is 0. The predicted octanol–water partition coefficient (Wildman–Crippen LogP) is 3.00. The molecule has 1 aromatic heterocycles. The Morgan fingerprint density at radius 1 is 1.20 bits per heavy atom. The van der Waals surface area contributed by atoms with E-state index >= 15 is 0 Å². The lowest BCUT2D eigenvalue weighted by Gasteiger charge is -2.14. The van der Waals surface area contributed by atoms with Gasteiger partial charge >= 0.3 is 0 Å². The fourth-order valence-corrected chi connectivity index (χ4v) is 2.92. The number of hydrogen-bond acceptors (Lipinski definition) is 5. The van der Waals surface area contributed by atoms with Crippen molar-refractivity contribution in [1.29, 1.82) is 0 Å². The summed E-state index contributed by atoms with van der Waals surface area (Å²) in [4.78, 5) is 5.55. The summed E-state index contributed by atoms with van der Waals surface area (Å²) in [6.07, 6.45) is 0.958. The SMILES string of the molecule is CN=C(NCCc1cccs1)NCc1cc(OC)c(O)c(OC)c1.I. The number of nitrogens with zero attached hydrogens (tertiary/aromatic N) is 1. The maximum atomic E-state index is 9.94. The molecule has 1 heterocycles. The predicted molar refractivity (Wildman–Crippen MR) is 113 cm³/mol. The second-order valence-corrected chi connectivity index (χ2v) is 6.06. The molecule has 138 valence electrons. The third-order valence-corrected chi connectivity index (χ3v) is 4.40. The smallest absolute Gasteiger partial charge is 0.200 e. The minimum atomic E-state index is 0. The van der Waals surface area contributed by atoms with E-state index < -0.39 is 0 Å². The van der Waals surface area contributed by atoms with Gasteiger partial charge in [-0.15, -0.1) is 35.3 Å². The summed E-state index contributed by atoms with van der Waals surface area (Å²) in [5.74, 6) is 1.48. The average molecular weight is 477 g/mol. The van der Waals surface area contributed by atoms with Crippen molar-refractivity contribution in [2.75, 3.05) is 27.8 Å². The molecule has 6 nitrogen and oxygen atoms in total. The standard InChI is InChI=1S/C17H23N3O3S.HI/c1-18-17(19-7-6-13-5-4-8-24-13)20-11-12-9-14(22-2)16(21)15(10-12)23-3;/h4-5,8-10,21H,6-7,11H2,1-3H3,(H2,18,19,20);1H. The van der Waals surface area contributed by atoms with Gasteiger partial charge in [0.2, 0.25) is 5.75 Å². The molecule has 0 amide bonds. The molecule has 0 unspecified atom stereocenters. The van der Waals surface area contributed by atoms with Crippen LogP contribution in [0.1, 0.15) is 10.4 Å². The summed E-state index contributed by atoms with van der Waals surface area (Å²) in [6, 6.07) is 7.71. The number of phenolic OH excluding ortho intramolecular Hbond substituents is 1. The van der Waals surface area contributed by atoms with Crippen molar-refractivity contribution in [2.24, 2.45) is 4.99 Å². The van der Waals surface area contributed by atoms with Gasteiger partial charge in [0.15, 0.2) is 17.5 Å². The van der Waals surface area contributed by atoms with E-state index in [1.54, 1.807) is 30.5 Å². The molecule has 3 N–H and O–H groups in total. The number of halogens is 1. The Labute approximate surface area is 169 Å². The van der Waals surface area contributed by atoms with Gasteiger partial charge in [-0.05, 0) is 35.6 Å². The quantitative estimate of drug-likeness (QED) is 0.325. The zero-order valence-electron chi connectivity index (χ0n) is 14.5. The Morgan fingerprint density at radius 3 is 2.40 bits per heavy atom. The van der Waals surface area contributed by atoms with Gasteiger partial charge in [0.25, 0.3) is 0 Å². The van der Waals surface area contributed by atoms with Crippen molar-refractivity contribution in [1.82, 2.24) is 10.6 Å². The van der Waals surface area contributed by atoms with Crippen LogP contribution in [0.15, 0.2) is 34.6 Å². The number of thiophene rings is 1. The topological polar surface area (TPSA) is 75.1 Å². The molecule has 0 aliphatic carbocycles. The summed E-state index contributed by atoms with van der Waals surface area (Å²) < 4.78 is 10.3. The Hall–Kier alpha value is -1.68. The molecular weight excluding hydrogens is 453 g/mol. The number of aliphatic imine (C=N–C) groups is 1. The molecule has 0 bridgehead atoms. The van der Waals surface area contributed by atoms with E-state index in [-0.39, 0.29) is 29.7 Å². The molecule has 0 spiro atoms. The molecule has 2 rings (SSSR count). The zero-order valence-corrected chi connectivity index (χ0v) is 17.7. The molecule has 0 radical (unpaired) electrons. The molecule has 0 aliphatic heterocycles. The van der Waals surface area contributed by atoms with Gasteiger partial charge in [-0.25, -0.2) is 0 Å². The highest BCUT2D eigenvalue weighted by molar-refractivity contribution is 14.0. The summed E-state index contributed by atoms with van der Waals surface area (Å²) in [5.41, 5.74) is 0.919. The fourth-order valence-electron chi connectivity index (χ4n) is 2.22. The van der Waals surface area contributed by atoms with Gasteiger partial charge in [0, 0.05) is 25.0 Å². The average Bonchev–Trinajstić information content (AvgIpc) is 3.12. The zero-order chi connectivity index (χ0) is 17.4. The van der Waals surface area contributed by atoms with Gasteiger partial charge in [-0.3, -0.25) is 4.99 Å². The van der Waals surface area contributed by atoms with Crippen LogP contribution in [0, 0.1) is 0 Å². The Balaban J connectivity index is 0.00000312. The molecule has 0 saturated carbocycles. The lowest BCUT2D eigenvalue weighted by molar-refractivity contribution is 0.339. The Morgan fingerprint density at radius 2 is 1.88 bits per heavy atom. The molecule has 25 heavy (non-hydrogen) atoms. The van der Waals surface area contributed by atoms with Crippen molar-refractivity contribution in [3.05, 3.63) is 40.1 Å². The van der Waals surface area contributed by atoms with Crippen molar-refractivity contribution < 1.29 is 14.6 Å². The number of phenols is 1. The van der Waals surface area contributed by atoms with Gasteiger partial charge in [-0.2, -0.15) is 0 Å². The van der Waals surface area contributed by atoms with Crippen LogP contribution in [0.2, 0.25) is 0 Å². The van der Waals surface area contributed by atoms with Gasteiger partial charge in [-0.1, -0.05) is 6.07 Å². The van der Waals surface area contributed by atoms with E-state index in [0.29, 0.717) is 18.0 Å². The lowest BCUT2D eigenvalue weighted by atomic mass is 10.2. The van der Waals surface area contributed by atoms with Gasteiger partial charge in [0.1, 0.15) is 0 Å². The van der Waals surface area contributed by atoms with E-state index in [1.807, 2.05) is 0 Å². The van der Waals surface area contributed by atoms with Crippen LogP contribution < -0.4 is 20.1 Å². The molecule has 1 aromatic carbocycles. The molecule has 8 heteroatoms. The Kier molecular flexibility index (Phi) is 9.43. The van der Waals surface area contributed by atoms with Crippen LogP contribution in [0.5, 0.6) is 17.2 Å². The van der Waals surface area contributed by atoms with E-state index in [2.05, 4.69) is 33.1 Å². The molecule has 0 saturated heterocycles. The molecule has 2 aromatic rings. The van der Waals surface area contributed by atoms with Crippen LogP contribution in [0.4, 0.5) is 0 Å². The first-order valence-corrected chi connectivity index (χ1v) is 8.46. The molecule has 0 fully saturated rings. The summed E-state index contributed by atoms with van der Waals surface area (Å²) >= 11 is 1.75. The van der Waals surface area contributed by atoms with Crippen LogP contribution in [0.3, 0.4) is 0 Å². The van der Waals surface area contributed by atoms with Crippen molar-refractivity contribution in [3.63, 3.8) is 0 Å². The molecule has 0 aliphatic rings. The number of benzene rings is 1. The number of methoxy groups -OCH3 is 2. The third-order valence-electron chi connectivity index (χ3n) is 3.47. The monoisotopic (exact) mass is 477 g/mol. The lowest BCUT2D eigenvalue weighted by Crippen LogP contribution is -2.37. The highest BCUT2D eigenvalue weighted by Crippen LogP contribution is 2.36. The van der Waals surface area contributed by atoms with Crippen LogP contribution in [-0.4, -0.2) is 38.9 Å². The van der Waals surface area contributed by atoms with Gasteiger partial charge < -0.3 is 25.2 Å². The van der Waals surface area contributed by atoms with E-state index in [1.165, 1.54) is 19.1 Å². The van der Waals surface area contributed by atoms with Crippen LogP contribution in [0.25, 0.3) is 0 Å². The van der Waals surface area contributed by atoms with E-state index in [0.717, 1.165) is 24.5 Å². The highest BCUT2D eigenvalue weighted by Gasteiger charge is 2.11. The normalized spacial score (nSPS) is 10.8. The number of aromatic hydroxyl groups is 1. The molecular formula is C17H24IN3O3S. The van der Waals surface area contributed by atoms with E-state index in [4.69, 9.17) is 9.47 Å². The number of hydrogen-bond donors (Lipinski definition) is 3. The first-order chi connectivity index (χ1) is 11.7. The highest BCUT2D eigenvalue weighted by atomic mass is 127. The summed E-state index contributed by atoms with van der Waals surface area (Å²) in [7, 11) is 4.76. The first kappa shape index (κ1) is 21.4. The number of guanidine groups is 1. The minimum Gasteiger partial charge on any atom is -0.502 e. The molecule has 0 atom stereocenters. The maximum absolute atomic E-state index is 9.94. The second kappa shape index (κ2) is 11.0. The van der Waals surface area contributed by atoms with Crippen LogP contribution >= 0.6 is 35.3 Å². The summed E-state index contributed by atoms with van der Waals surface area (Å²) in [6.45, 7) is 1.34. The van der Waals surface area contributed by atoms with Gasteiger partial charge in [0.05, 0.1) is 14.2 Å². The van der Waals surface area contributed by atoms with Crippen molar-refractivity contribution in [3.8, 4) is 17.2 Å². The van der Waals surface area contributed by atoms with Crippen molar-refractivity contribution >= 4 is 41.3 Å². The summed E-state index contributed by atoms with van der Waals surface area (Å²) in [5, 5.41) is 18.5. The largest absolute Gasteiger partial charge is 0.502 e. The van der Waals surface area contributed by atoms with Crippen molar-refractivity contribution in [2.45, 2.75) is 13.0 Å². The van der Waals surface area contributed by atoms with Crippen LogP contribution in [-0.2, 0) is 13.0 Å². The maximum Gasteiger partial charge on any atom is 0.200 e. The Bertz CT molecular complexity index is 653. The first-order valence-electron chi connectivity index (χ1n) is 7.58. The number of ether oxygens (including phenoxy) is 2. The number of rotatable bonds is 7. The number of nitrogens with one attached hydrogen (secondary N) is 2. The third kappa shape index (κ3) is 6.28. The van der Waals surface area contributed by atoms with E-state index in [9.17, 15) is 5.11 Å². The fraction of sp³-hybridized carbons (Fsp3) is 0.353.